The van der Waals surface area contributed by atoms with Crippen LogP contribution in [0.4, 0.5) is 13.6 Å². The largest absolute Gasteiger partial charge is 0.481 e. The highest BCUT2D eigenvalue weighted by Crippen LogP contribution is 2.35. The number of imidazole rings is 2. The van der Waals surface area contributed by atoms with E-state index in [-0.39, 0.29) is 36.3 Å². The lowest BCUT2D eigenvalue weighted by Gasteiger charge is -2.33. The second-order valence-corrected chi connectivity index (χ2v) is 10.6. The van der Waals surface area contributed by atoms with E-state index in [4.69, 9.17) is 0 Å². The lowest BCUT2D eigenvalue weighted by Crippen LogP contribution is -2.46. The van der Waals surface area contributed by atoms with E-state index in [9.17, 15) is 28.3 Å². The molecule has 0 spiro atoms. The van der Waals surface area contributed by atoms with Crippen molar-refractivity contribution in [3.05, 3.63) is 81.9 Å². The van der Waals surface area contributed by atoms with Crippen LogP contribution in [-0.4, -0.2) is 59.2 Å². The first-order chi connectivity index (χ1) is 19.8. The molecule has 214 valence electrons. The maximum Gasteiger partial charge on any atom is 0.327 e. The van der Waals surface area contributed by atoms with Gasteiger partial charge in [-0.3, -0.25) is 14.3 Å². The summed E-state index contributed by atoms with van der Waals surface area (Å²) >= 11 is 0. The number of carbonyl (C=O) groups excluding carboxylic acids is 1. The fourth-order valence-electron chi connectivity index (χ4n) is 6.14. The molecule has 0 radical (unpaired) electrons. The van der Waals surface area contributed by atoms with Gasteiger partial charge in [-0.05, 0) is 49.4 Å². The smallest absolute Gasteiger partial charge is 0.327 e. The zero-order chi connectivity index (χ0) is 28.7. The summed E-state index contributed by atoms with van der Waals surface area (Å²) in [6, 6.07) is 6.74. The molecule has 11 nitrogen and oxygen atoms in total. The van der Waals surface area contributed by atoms with E-state index < -0.39 is 29.6 Å². The van der Waals surface area contributed by atoms with Crippen LogP contribution >= 0.6 is 0 Å². The van der Waals surface area contributed by atoms with Crippen molar-refractivity contribution in [3.63, 3.8) is 0 Å². The van der Waals surface area contributed by atoms with Crippen molar-refractivity contribution in [2.24, 2.45) is 0 Å². The SMILES string of the molecule is O=C(O)Cc1cnc2n1C[C@H](c1cccc(F)c1F)CC[C@H]2NC(=O)N1CCC(n2c(=O)[nH]c3ncccc32)CC1. The Hall–Kier alpha value is -4.55. The molecule has 2 atom stereocenters. The zero-order valence-corrected chi connectivity index (χ0v) is 22.1. The summed E-state index contributed by atoms with van der Waals surface area (Å²) in [6.07, 6.45) is 4.80. The third kappa shape index (κ3) is 5.07. The first kappa shape index (κ1) is 26.7. The number of likely N-dealkylation sites (tertiary alicyclic amines) is 1. The van der Waals surface area contributed by atoms with Crippen molar-refractivity contribution in [2.75, 3.05) is 13.1 Å². The van der Waals surface area contributed by atoms with Gasteiger partial charge < -0.3 is 19.9 Å². The summed E-state index contributed by atoms with van der Waals surface area (Å²) in [6.45, 7) is 1.07. The number of carbonyl (C=O) groups is 2. The molecule has 2 amide bonds. The molecule has 6 rings (SSSR count). The molecule has 1 aromatic carbocycles. The van der Waals surface area contributed by atoms with E-state index in [2.05, 4.69) is 20.3 Å². The lowest BCUT2D eigenvalue weighted by atomic mass is 9.92. The molecule has 41 heavy (non-hydrogen) atoms. The quantitative estimate of drug-likeness (QED) is 0.339. The van der Waals surface area contributed by atoms with E-state index in [1.165, 1.54) is 18.3 Å². The Morgan fingerprint density at radius 1 is 1.07 bits per heavy atom. The van der Waals surface area contributed by atoms with Gasteiger partial charge in [-0.2, -0.15) is 0 Å². The van der Waals surface area contributed by atoms with Crippen molar-refractivity contribution >= 4 is 23.2 Å². The predicted octanol–water partition coefficient (Wildman–Crippen LogP) is 3.49. The monoisotopic (exact) mass is 565 g/mol. The van der Waals surface area contributed by atoms with E-state index >= 15 is 0 Å². The highest BCUT2D eigenvalue weighted by Gasteiger charge is 2.33. The number of amides is 2. The Balaban J connectivity index is 1.19. The minimum Gasteiger partial charge on any atom is -0.481 e. The van der Waals surface area contributed by atoms with Crippen molar-refractivity contribution in [2.45, 2.75) is 56.7 Å². The number of H-pyrrole nitrogens is 1. The Labute approximate surface area is 232 Å². The maximum absolute atomic E-state index is 14.7. The number of hydrogen-bond acceptors (Lipinski definition) is 5. The number of piperidine rings is 1. The second kappa shape index (κ2) is 10.8. The third-order valence-corrected chi connectivity index (χ3v) is 8.15. The van der Waals surface area contributed by atoms with Crippen molar-refractivity contribution in [1.82, 2.24) is 34.3 Å². The van der Waals surface area contributed by atoms with Crippen LogP contribution in [0.5, 0.6) is 0 Å². The van der Waals surface area contributed by atoms with Crippen molar-refractivity contribution < 1.29 is 23.5 Å². The van der Waals surface area contributed by atoms with Crippen LogP contribution in [-0.2, 0) is 17.8 Å². The van der Waals surface area contributed by atoms with Gasteiger partial charge >= 0.3 is 17.7 Å². The molecule has 0 aliphatic carbocycles. The Morgan fingerprint density at radius 2 is 1.88 bits per heavy atom. The molecule has 13 heteroatoms. The molecule has 3 N–H and O–H groups in total. The van der Waals surface area contributed by atoms with Gasteiger partial charge in [-0.25, -0.2) is 28.3 Å². The number of halogens is 2. The molecule has 1 saturated heterocycles. The molecular weight excluding hydrogens is 536 g/mol. The Bertz CT molecular complexity index is 1670. The van der Waals surface area contributed by atoms with E-state index in [1.807, 2.05) is 6.07 Å². The molecule has 0 bridgehead atoms. The first-order valence-corrected chi connectivity index (χ1v) is 13.6. The predicted molar refractivity (Wildman–Crippen MR) is 143 cm³/mol. The molecule has 1 fully saturated rings. The summed E-state index contributed by atoms with van der Waals surface area (Å²) in [5.74, 6) is -2.86. The minimum atomic E-state index is -1.04. The number of rotatable bonds is 5. The zero-order valence-electron chi connectivity index (χ0n) is 22.1. The number of pyridine rings is 1. The fraction of sp³-hybridized carbons (Fsp3) is 0.393. The van der Waals surface area contributed by atoms with Crippen LogP contribution in [0.2, 0.25) is 0 Å². The molecular formula is C28H29F2N7O4. The number of carboxylic acid groups (broad SMARTS) is 1. The number of aromatic nitrogens is 5. The topological polar surface area (TPSA) is 138 Å². The number of carboxylic acids is 1. The molecule has 0 saturated carbocycles. The van der Waals surface area contributed by atoms with Crippen molar-refractivity contribution in [3.8, 4) is 0 Å². The number of benzene rings is 1. The lowest BCUT2D eigenvalue weighted by molar-refractivity contribution is -0.136. The fourth-order valence-corrected chi connectivity index (χ4v) is 6.14. The average Bonchev–Trinajstić information content (AvgIpc) is 3.44. The van der Waals surface area contributed by atoms with Crippen LogP contribution in [0.15, 0.2) is 47.5 Å². The third-order valence-electron chi connectivity index (χ3n) is 8.15. The molecule has 2 aliphatic rings. The van der Waals surface area contributed by atoms with Gasteiger partial charge in [0, 0.05) is 49.7 Å². The molecule has 4 aromatic rings. The molecule has 3 aromatic heterocycles. The molecule has 5 heterocycles. The van der Waals surface area contributed by atoms with Crippen LogP contribution in [0.3, 0.4) is 0 Å². The summed E-state index contributed by atoms with van der Waals surface area (Å²) in [5.41, 5.74) is 1.67. The highest BCUT2D eigenvalue weighted by molar-refractivity contribution is 5.75. The summed E-state index contributed by atoms with van der Waals surface area (Å²) in [4.78, 5) is 50.6. The van der Waals surface area contributed by atoms with Gasteiger partial charge in [-0.1, -0.05) is 12.1 Å². The summed E-state index contributed by atoms with van der Waals surface area (Å²) in [7, 11) is 0. The van der Waals surface area contributed by atoms with Gasteiger partial charge in [0.25, 0.3) is 0 Å². The van der Waals surface area contributed by atoms with Crippen LogP contribution < -0.4 is 11.0 Å². The second-order valence-electron chi connectivity index (χ2n) is 10.6. The first-order valence-electron chi connectivity index (χ1n) is 13.6. The minimum absolute atomic E-state index is 0.0817. The number of aromatic amines is 1. The van der Waals surface area contributed by atoms with Crippen LogP contribution in [0.25, 0.3) is 11.2 Å². The maximum atomic E-state index is 14.7. The number of urea groups is 1. The van der Waals surface area contributed by atoms with Gasteiger partial charge in [-0.15, -0.1) is 0 Å². The summed E-state index contributed by atoms with van der Waals surface area (Å²) in [5, 5.41) is 12.5. The highest BCUT2D eigenvalue weighted by atomic mass is 19.2. The van der Waals surface area contributed by atoms with Crippen LogP contribution in [0.1, 0.15) is 60.8 Å². The number of fused-ring (bicyclic) bond motifs is 2. The molecule has 0 unspecified atom stereocenters. The number of nitrogens with zero attached hydrogens (tertiary/aromatic N) is 5. The van der Waals surface area contributed by atoms with E-state index in [0.29, 0.717) is 55.9 Å². The van der Waals surface area contributed by atoms with Crippen LogP contribution in [0, 0.1) is 11.6 Å². The van der Waals surface area contributed by atoms with Crippen molar-refractivity contribution in [1.29, 1.82) is 0 Å². The van der Waals surface area contributed by atoms with Gasteiger partial charge in [0.05, 0.1) is 18.0 Å². The number of nitrogens with one attached hydrogen (secondary N) is 2. The Morgan fingerprint density at radius 3 is 2.66 bits per heavy atom. The van der Waals surface area contributed by atoms with Gasteiger partial charge in [0.15, 0.2) is 17.3 Å². The van der Waals surface area contributed by atoms with Gasteiger partial charge in [0.1, 0.15) is 5.82 Å². The standard InChI is InChI=1S/C28H29F2N7O4/c29-20-4-1-3-19(24(20)30)16-6-7-21(26-32-14-18(13-23(38)39)36(26)15-16)33-27(40)35-11-8-17(9-12-35)37-22-5-2-10-31-25(22)34-28(37)41/h1-5,10,14,16-17,21H,6-9,11-13,15H2,(H,33,40)(H,38,39)(H,31,34,41)/t16-,21-/m1/s1. The molecule has 2 aliphatic heterocycles. The Kier molecular flexibility index (Phi) is 7.01. The van der Waals surface area contributed by atoms with E-state index in [0.717, 1.165) is 11.6 Å². The normalized spacial score (nSPS) is 19.6. The number of hydrogen-bond donors (Lipinski definition) is 3. The van der Waals surface area contributed by atoms with Gasteiger partial charge in [0.2, 0.25) is 0 Å². The van der Waals surface area contributed by atoms with E-state index in [1.54, 1.807) is 26.3 Å². The summed E-state index contributed by atoms with van der Waals surface area (Å²) < 4.78 is 32.2. The average molecular weight is 566 g/mol. The number of aliphatic carboxylic acids is 1.